The van der Waals surface area contributed by atoms with E-state index in [1.165, 1.54) is 17.9 Å². The molecule has 142 valence electrons. The van der Waals surface area contributed by atoms with Crippen molar-refractivity contribution >= 4 is 39.4 Å². The third-order valence-corrected chi connectivity index (χ3v) is 4.42. The molecule has 2 aromatic carbocycles. The molecule has 0 aliphatic rings. The summed E-state index contributed by atoms with van der Waals surface area (Å²) in [7, 11) is 1.51. The standard InChI is InChI=1S/C19H16N4O5/c1-11-7-18(23(25)26)21-22(11)10-19(24)20-14-9-16-13(8-17(14)27-2)12-5-3-4-6-15(12)28-16/h3-9H,10H2,1-2H3,(H,20,24). The van der Waals surface area contributed by atoms with E-state index in [0.29, 0.717) is 22.7 Å². The van der Waals surface area contributed by atoms with Gasteiger partial charge in [0.15, 0.2) is 0 Å². The number of furan rings is 1. The zero-order valence-corrected chi connectivity index (χ0v) is 15.1. The van der Waals surface area contributed by atoms with Gasteiger partial charge in [0.2, 0.25) is 5.91 Å². The number of carbonyl (C=O) groups excluding carboxylic acids is 1. The van der Waals surface area contributed by atoms with E-state index in [4.69, 9.17) is 9.15 Å². The first kappa shape index (κ1) is 17.5. The third-order valence-electron chi connectivity index (χ3n) is 4.42. The average molecular weight is 380 g/mol. The van der Waals surface area contributed by atoms with Crippen molar-refractivity contribution in [2.45, 2.75) is 13.5 Å². The zero-order chi connectivity index (χ0) is 19.8. The maximum Gasteiger partial charge on any atom is 0.390 e. The molecule has 2 aromatic heterocycles. The summed E-state index contributed by atoms with van der Waals surface area (Å²) in [6.07, 6.45) is 0. The number of anilines is 1. The normalized spacial score (nSPS) is 11.1. The Morgan fingerprint density at radius 1 is 1.25 bits per heavy atom. The fourth-order valence-electron chi connectivity index (χ4n) is 3.09. The molecule has 0 saturated heterocycles. The molecule has 0 fully saturated rings. The van der Waals surface area contributed by atoms with Crippen molar-refractivity contribution in [3.8, 4) is 5.75 Å². The second-order valence-electron chi connectivity index (χ2n) is 6.25. The monoisotopic (exact) mass is 380 g/mol. The molecule has 4 rings (SSSR count). The number of hydrogen-bond donors (Lipinski definition) is 1. The Labute approximate surface area is 158 Å². The van der Waals surface area contributed by atoms with E-state index in [2.05, 4.69) is 10.4 Å². The van der Waals surface area contributed by atoms with Gasteiger partial charge in [0, 0.05) is 16.8 Å². The van der Waals surface area contributed by atoms with Gasteiger partial charge in [-0.25, -0.2) is 0 Å². The number of nitro groups is 1. The Balaban J connectivity index is 1.64. The van der Waals surface area contributed by atoms with Crippen molar-refractivity contribution in [2.24, 2.45) is 0 Å². The summed E-state index contributed by atoms with van der Waals surface area (Å²) in [4.78, 5) is 22.7. The third kappa shape index (κ3) is 3.02. The van der Waals surface area contributed by atoms with Crippen LogP contribution in [0.25, 0.3) is 21.9 Å². The van der Waals surface area contributed by atoms with Gasteiger partial charge in [-0.2, -0.15) is 4.68 Å². The Kier molecular flexibility index (Phi) is 4.19. The SMILES string of the molecule is COc1cc2c(cc1NC(=O)Cn1nc([N+](=O)[O-])cc1C)oc1ccccc12. The minimum absolute atomic E-state index is 0.166. The highest BCUT2D eigenvalue weighted by Crippen LogP contribution is 2.36. The lowest BCUT2D eigenvalue weighted by molar-refractivity contribution is -0.389. The Bertz CT molecular complexity index is 1220. The average Bonchev–Trinajstić information content (AvgIpc) is 3.21. The van der Waals surface area contributed by atoms with Crippen molar-refractivity contribution in [1.29, 1.82) is 0 Å². The van der Waals surface area contributed by atoms with Gasteiger partial charge in [0.05, 0.1) is 29.7 Å². The minimum atomic E-state index is -0.597. The fraction of sp³-hybridized carbons (Fsp3) is 0.158. The molecule has 0 radical (unpaired) electrons. The van der Waals surface area contributed by atoms with Crippen molar-refractivity contribution in [2.75, 3.05) is 12.4 Å². The molecule has 2 heterocycles. The maximum atomic E-state index is 12.5. The van der Waals surface area contributed by atoms with E-state index < -0.39 is 10.8 Å². The molecule has 0 atom stereocenters. The molecule has 4 aromatic rings. The molecule has 0 bridgehead atoms. The van der Waals surface area contributed by atoms with E-state index in [-0.39, 0.29) is 12.4 Å². The molecule has 0 unspecified atom stereocenters. The predicted molar refractivity (Wildman–Crippen MR) is 103 cm³/mol. The summed E-state index contributed by atoms with van der Waals surface area (Å²) in [5.74, 6) is -0.211. The van der Waals surface area contributed by atoms with Crippen molar-refractivity contribution < 1.29 is 18.9 Å². The van der Waals surface area contributed by atoms with Gasteiger partial charge in [0.1, 0.15) is 23.5 Å². The van der Waals surface area contributed by atoms with Crippen LogP contribution in [0.15, 0.2) is 46.9 Å². The van der Waals surface area contributed by atoms with Crippen LogP contribution in [0, 0.1) is 17.0 Å². The van der Waals surface area contributed by atoms with Crippen molar-refractivity contribution in [1.82, 2.24) is 9.78 Å². The molecule has 0 spiro atoms. The Morgan fingerprint density at radius 2 is 2.04 bits per heavy atom. The number of para-hydroxylation sites is 1. The van der Waals surface area contributed by atoms with Gasteiger partial charge < -0.3 is 24.6 Å². The van der Waals surface area contributed by atoms with Gasteiger partial charge in [-0.1, -0.05) is 18.2 Å². The smallest absolute Gasteiger partial charge is 0.390 e. The predicted octanol–water partition coefficient (Wildman–Crippen LogP) is 3.65. The number of methoxy groups -OCH3 is 1. The number of hydrogen-bond acceptors (Lipinski definition) is 6. The number of rotatable bonds is 5. The Hall–Kier alpha value is -3.88. The van der Waals surface area contributed by atoms with Crippen LogP contribution in [0.1, 0.15) is 5.69 Å². The number of carbonyl (C=O) groups is 1. The number of aryl methyl sites for hydroxylation is 1. The molecule has 28 heavy (non-hydrogen) atoms. The van der Waals surface area contributed by atoms with E-state index in [0.717, 1.165) is 16.4 Å². The highest BCUT2D eigenvalue weighted by molar-refractivity contribution is 6.07. The van der Waals surface area contributed by atoms with Crippen LogP contribution in [0.2, 0.25) is 0 Å². The quantitative estimate of drug-likeness (QED) is 0.418. The highest BCUT2D eigenvalue weighted by atomic mass is 16.6. The number of fused-ring (bicyclic) bond motifs is 3. The summed E-state index contributed by atoms with van der Waals surface area (Å²) in [6, 6.07) is 12.4. The highest BCUT2D eigenvalue weighted by Gasteiger charge is 2.19. The maximum absolute atomic E-state index is 12.5. The van der Waals surface area contributed by atoms with E-state index in [9.17, 15) is 14.9 Å². The number of amides is 1. The lowest BCUT2D eigenvalue weighted by Crippen LogP contribution is -2.20. The van der Waals surface area contributed by atoms with Crippen LogP contribution in [0.5, 0.6) is 5.75 Å². The molecule has 9 nitrogen and oxygen atoms in total. The fourth-order valence-corrected chi connectivity index (χ4v) is 3.09. The van der Waals surface area contributed by atoms with Gasteiger partial charge in [-0.3, -0.25) is 4.79 Å². The van der Waals surface area contributed by atoms with E-state index in [1.54, 1.807) is 19.1 Å². The second-order valence-corrected chi connectivity index (χ2v) is 6.25. The molecule has 0 aliphatic carbocycles. The van der Waals surface area contributed by atoms with Crippen LogP contribution < -0.4 is 10.1 Å². The molecular weight excluding hydrogens is 364 g/mol. The minimum Gasteiger partial charge on any atom is -0.495 e. The van der Waals surface area contributed by atoms with E-state index >= 15 is 0 Å². The number of aromatic nitrogens is 2. The van der Waals surface area contributed by atoms with Crippen LogP contribution in [-0.4, -0.2) is 27.7 Å². The Morgan fingerprint density at radius 3 is 2.75 bits per heavy atom. The van der Waals surface area contributed by atoms with Crippen LogP contribution in [0.4, 0.5) is 11.5 Å². The van der Waals surface area contributed by atoms with Gasteiger partial charge in [-0.15, -0.1) is 0 Å². The number of ether oxygens (including phenoxy) is 1. The number of nitrogens with one attached hydrogen (secondary N) is 1. The molecule has 0 saturated carbocycles. The zero-order valence-electron chi connectivity index (χ0n) is 15.1. The van der Waals surface area contributed by atoms with Gasteiger partial charge in [-0.05, 0) is 24.0 Å². The van der Waals surface area contributed by atoms with Crippen LogP contribution in [0.3, 0.4) is 0 Å². The second kappa shape index (κ2) is 6.69. The lowest BCUT2D eigenvalue weighted by atomic mass is 10.1. The summed E-state index contributed by atoms with van der Waals surface area (Å²) in [5.41, 5.74) is 2.31. The molecule has 0 aliphatic heterocycles. The molecular formula is C19H16N4O5. The number of benzene rings is 2. The summed E-state index contributed by atoms with van der Waals surface area (Å²) in [6.45, 7) is 1.48. The first-order chi connectivity index (χ1) is 13.5. The summed E-state index contributed by atoms with van der Waals surface area (Å²) >= 11 is 0. The molecule has 9 heteroatoms. The van der Waals surface area contributed by atoms with E-state index in [1.807, 2.05) is 24.3 Å². The van der Waals surface area contributed by atoms with Crippen molar-refractivity contribution in [3.63, 3.8) is 0 Å². The molecule has 1 N–H and O–H groups in total. The first-order valence-corrected chi connectivity index (χ1v) is 8.44. The number of nitrogens with zero attached hydrogens (tertiary/aromatic N) is 3. The lowest BCUT2D eigenvalue weighted by Gasteiger charge is -2.10. The van der Waals surface area contributed by atoms with Gasteiger partial charge in [0.25, 0.3) is 0 Å². The van der Waals surface area contributed by atoms with Gasteiger partial charge >= 0.3 is 5.82 Å². The topological polar surface area (TPSA) is 112 Å². The molecule has 1 amide bonds. The summed E-state index contributed by atoms with van der Waals surface area (Å²) in [5, 5.41) is 19.2. The summed E-state index contributed by atoms with van der Waals surface area (Å²) < 4.78 is 12.5. The van der Waals surface area contributed by atoms with Crippen LogP contribution in [-0.2, 0) is 11.3 Å². The first-order valence-electron chi connectivity index (χ1n) is 8.44. The van der Waals surface area contributed by atoms with Crippen LogP contribution >= 0.6 is 0 Å². The van der Waals surface area contributed by atoms with Crippen molar-refractivity contribution in [3.05, 3.63) is 58.3 Å². The largest absolute Gasteiger partial charge is 0.495 e.